The molecule has 1 aliphatic rings. The Balaban J connectivity index is 1.88. The van der Waals surface area contributed by atoms with Crippen LogP contribution in [0.3, 0.4) is 0 Å². The lowest BCUT2D eigenvalue weighted by atomic mass is 10.1. The van der Waals surface area contributed by atoms with Gasteiger partial charge in [0.15, 0.2) is 0 Å². The number of amides is 3. The molecule has 0 atom stereocenters. The first-order valence-electron chi connectivity index (χ1n) is 8.22. The van der Waals surface area contributed by atoms with E-state index in [1.54, 1.807) is 24.3 Å². The molecular formula is C18H16ClN3O5S. The molecule has 1 fully saturated rings. The van der Waals surface area contributed by atoms with Crippen molar-refractivity contribution >= 4 is 56.4 Å². The maximum Gasteiger partial charge on any atom is 0.257 e. The van der Waals surface area contributed by atoms with Crippen LogP contribution in [-0.2, 0) is 19.6 Å². The van der Waals surface area contributed by atoms with Crippen LogP contribution in [0.5, 0.6) is 0 Å². The van der Waals surface area contributed by atoms with E-state index in [4.69, 9.17) is 11.6 Å². The van der Waals surface area contributed by atoms with E-state index in [9.17, 15) is 22.8 Å². The third kappa shape index (κ3) is 4.15. The predicted octanol–water partition coefficient (Wildman–Crippen LogP) is 2.62. The Kier molecular flexibility index (Phi) is 5.39. The van der Waals surface area contributed by atoms with Crippen molar-refractivity contribution in [3.05, 3.63) is 53.1 Å². The van der Waals surface area contributed by atoms with Crippen LogP contribution < -0.4 is 14.9 Å². The highest BCUT2D eigenvalue weighted by molar-refractivity contribution is 7.94. The standard InChI is InChI=1S/C18H16ClN3O5S/c1-11(23)20-12-3-2-4-13(9-12)21-18(25)15-10-14(5-6-16(15)19)22-17(24)7-8-28(22,26)27/h2-6,9-10H,7-8H2,1H3,(H,20,23)(H,21,25). The molecule has 10 heteroatoms. The molecule has 8 nitrogen and oxygen atoms in total. The van der Waals surface area contributed by atoms with Crippen molar-refractivity contribution in [2.45, 2.75) is 13.3 Å². The van der Waals surface area contributed by atoms with E-state index in [2.05, 4.69) is 10.6 Å². The fraction of sp³-hybridized carbons (Fsp3) is 0.167. The maximum atomic E-state index is 12.6. The van der Waals surface area contributed by atoms with Gasteiger partial charge in [-0.15, -0.1) is 0 Å². The predicted molar refractivity (Wildman–Crippen MR) is 106 cm³/mol. The number of hydrogen-bond acceptors (Lipinski definition) is 5. The zero-order chi connectivity index (χ0) is 20.5. The first-order valence-corrected chi connectivity index (χ1v) is 10.2. The monoisotopic (exact) mass is 421 g/mol. The average Bonchev–Trinajstić information content (AvgIpc) is 2.88. The molecule has 0 radical (unpaired) electrons. The summed E-state index contributed by atoms with van der Waals surface area (Å²) in [7, 11) is -3.75. The van der Waals surface area contributed by atoms with Gasteiger partial charge in [-0.25, -0.2) is 12.7 Å². The highest BCUT2D eigenvalue weighted by Gasteiger charge is 2.36. The van der Waals surface area contributed by atoms with Gasteiger partial charge in [-0.2, -0.15) is 0 Å². The van der Waals surface area contributed by atoms with Gasteiger partial charge in [-0.3, -0.25) is 14.4 Å². The van der Waals surface area contributed by atoms with E-state index in [0.717, 1.165) is 0 Å². The van der Waals surface area contributed by atoms with Gasteiger partial charge in [0.25, 0.3) is 5.91 Å². The van der Waals surface area contributed by atoms with E-state index >= 15 is 0 Å². The first-order chi connectivity index (χ1) is 13.2. The van der Waals surface area contributed by atoms with Gasteiger partial charge in [0, 0.05) is 24.7 Å². The summed E-state index contributed by atoms with van der Waals surface area (Å²) < 4.78 is 24.9. The SMILES string of the molecule is CC(=O)Nc1cccc(NC(=O)c2cc(N3C(=O)CCS3(=O)=O)ccc2Cl)c1. The minimum atomic E-state index is -3.75. The molecule has 2 N–H and O–H groups in total. The molecule has 1 heterocycles. The minimum Gasteiger partial charge on any atom is -0.326 e. The Hall–Kier alpha value is -2.91. The number of nitrogens with zero attached hydrogens (tertiary/aromatic N) is 1. The van der Waals surface area contributed by atoms with Gasteiger partial charge < -0.3 is 10.6 Å². The molecule has 0 saturated carbocycles. The Morgan fingerprint density at radius 3 is 2.36 bits per heavy atom. The van der Waals surface area contributed by atoms with Crippen molar-refractivity contribution < 1.29 is 22.8 Å². The molecule has 0 aliphatic carbocycles. The average molecular weight is 422 g/mol. The van der Waals surface area contributed by atoms with Crippen LogP contribution >= 0.6 is 11.6 Å². The van der Waals surface area contributed by atoms with Gasteiger partial charge >= 0.3 is 0 Å². The second kappa shape index (κ2) is 7.61. The van der Waals surface area contributed by atoms with Crippen molar-refractivity contribution in [1.82, 2.24) is 0 Å². The molecular weight excluding hydrogens is 406 g/mol. The number of benzene rings is 2. The summed E-state index contributed by atoms with van der Waals surface area (Å²) in [6, 6.07) is 10.5. The van der Waals surface area contributed by atoms with Crippen molar-refractivity contribution in [1.29, 1.82) is 0 Å². The third-order valence-corrected chi connectivity index (χ3v) is 5.97. The van der Waals surface area contributed by atoms with Crippen LogP contribution in [0.4, 0.5) is 17.1 Å². The largest absolute Gasteiger partial charge is 0.326 e. The summed E-state index contributed by atoms with van der Waals surface area (Å²) in [6.07, 6.45) is -0.109. The first kappa shape index (κ1) is 19.8. The Bertz CT molecular complexity index is 1080. The van der Waals surface area contributed by atoms with E-state index in [-0.39, 0.29) is 34.4 Å². The number of hydrogen-bond donors (Lipinski definition) is 2. The fourth-order valence-electron chi connectivity index (χ4n) is 2.76. The number of nitrogens with one attached hydrogen (secondary N) is 2. The molecule has 2 aromatic carbocycles. The molecule has 3 amide bonds. The van der Waals surface area contributed by atoms with Crippen LogP contribution in [0.1, 0.15) is 23.7 Å². The molecule has 1 aliphatic heterocycles. The molecule has 146 valence electrons. The minimum absolute atomic E-state index is 0.0130. The lowest BCUT2D eigenvalue weighted by molar-refractivity contribution is -0.116. The lowest BCUT2D eigenvalue weighted by Gasteiger charge is -2.16. The quantitative estimate of drug-likeness (QED) is 0.787. The number of rotatable bonds is 4. The van der Waals surface area contributed by atoms with Crippen LogP contribution in [0.25, 0.3) is 0 Å². The highest BCUT2D eigenvalue weighted by atomic mass is 35.5. The van der Waals surface area contributed by atoms with Crippen LogP contribution in [-0.4, -0.2) is 31.9 Å². The summed E-state index contributed by atoms with van der Waals surface area (Å²) in [4.78, 5) is 35.8. The topological polar surface area (TPSA) is 113 Å². The fourth-order valence-corrected chi connectivity index (χ4v) is 4.41. The zero-order valence-electron chi connectivity index (χ0n) is 14.7. The van der Waals surface area contributed by atoms with Gasteiger partial charge in [0.05, 0.1) is 22.0 Å². The molecule has 1 saturated heterocycles. The van der Waals surface area contributed by atoms with Gasteiger partial charge in [0.2, 0.25) is 21.8 Å². The Labute approximate surface area is 166 Å². The number of anilines is 3. The smallest absolute Gasteiger partial charge is 0.257 e. The van der Waals surface area contributed by atoms with Crippen molar-refractivity contribution in [2.24, 2.45) is 0 Å². The van der Waals surface area contributed by atoms with Gasteiger partial charge in [0.1, 0.15) is 0 Å². The number of halogens is 1. The van der Waals surface area contributed by atoms with Gasteiger partial charge in [-0.05, 0) is 36.4 Å². The molecule has 0 bridgehead atoms. The number of sulfonamides is 1. The second-order valence-electron chi connectivity index (χ2n) is 6.10. The molecule has 2 aromatic rings. The third-order valence-electron chi connectivity index (χ3n) is 3.95. The molecule has 0 unspecified atom stereocenters. The van der Waals surface area contributed by atoms with Crippen LogP contribution in [0.15, 0.2) is 42.5 Å². The molecule has 0 spiro atoms. The summed E-state index contributed by atoms with van der Waals surface area (Å²) in [5.74, 6) is -1.67. The summed E-state index contributed by atoms with van der Waals surface area (Å²) in [5, 5.41) is 5.34. The van der Waals surface area contributed by atoms with E-state index in [1.807, 2.05) is 0 Å². The summed E-state index contributed by atoms with van der Waals surface area (Å²) in [6.45, 7) is 1.37. The zero-order valence-corrected chi connectivity index (χ0v) is 16.3. The number of carbonyl (C=O) groups is 3. The highest BCUT2D eigenvalue weighted by Crippen LogP contribution is 2.29. The van der Waals surface area contributed by atoms with E-state index < -0.39 is 21.8 Å². The maximum absolute atomic E-state index is 12.6. The Morgan fingerprint density at radius 2 is 1.75 bits per heavy atom. The normalized spacial score (nSPS) is 15.4. The second-order valence-corrected chi connectivity index (χ2v) is 8.45. The molecule has 28 heavy (non-hydrogen) atoms. The lowest BCUT2D eigenvalue weighted by Crippen LogP contribution is -2.29. The summed E-state index contributed by atoms with van der Waals surface area (Å²) >= 11 is 6.10. The number of carbonyl (C=O) groups excluding carboxylic acids is 3. The summed E-state index contributed by atoms with van der Waals surface area (Å²) in [5.41, 5.74) is 0.976. The molecule has 3 rings (SSSR count). The van der Waals surface area contributed by atoms with E-state index in [1.165, 1.54) is 25.1 Å². The van der Waals surface area contributed by atoms with E-state index in [0.29, 0.717) is 15.7 Å². The Morgan fingerprint density at radius 1 is 1.07 bits per heavy atom. The van der Waals surface area contributed by atoms with Gasteiger partial charge in [-0.1, -0.05) is 17.7 Å². The molecule has 0 aromatic heterocycles. The van der Waals surface area contributed by atoms with Crippen molar-refractivity contribution in [3.8, 4) is 0 Å². The van der Waals surface area contributed by atoms with Crippen molar-refractivity contribution in [3.63, 3.8) is 0 Å². The van der Waals surface area contributed by atoms with Crippen molar-refractivity contribution in [2.75, 3.05) is 20.7 Å². The van der Waals surface area contributed by atoms with Crippen LogP contribution in [0.2, 0.25) is 5.02 Å². The van der Waals surface area contributed by atoms with Crippen LogP contribution in [0, 0.1) is 0 Å².